The van der Waals surface area contributed by atoms with E-state index in [-0.39, 0.29) is 36.0 Å². The van der Waals surface area contributed by atoms with E-state index in [1.54, 1.807) is 6.92 Å². The summed E-state index contributed by atoms with van der Waals surface area (Å²) < 4.78 is 112. The number of sulfonamides is 1. The molecule has 43 heavy (non-hydrogen) atoms. The van der Waals surface area contributed by atoms with Crippen molar-refractivity contribution in [1.82, 2.24) is 14.6 Å². The maximum atomic E-state index is 15.7. The zero-order chi connectivity index (χ0) is 32.0. The van der Waals surface area contributed by atoms with Crippen molar-refractivity contribution in [2.75, 3.05) is 19.3 Å². The predicted molar refractivity (Wildman–Crippen MR) is 146 cm³/mol. The van der Waals surface area contributed by atoms with Crippen molar-refractivity contribution < 1.29 is 44.4 Å². The highest BCUT2D eigenvalue weighted by molar-refractivity contribution is 7.88. The van der Waals surface area contributed by atoms with Crippen LogP contribution >= 0.6 is 0 Å². The summed E-state index contributed by atoms with van der Waals surface area (Å²) in [5.74, 6) is -7.99. The highest BCUT2D eigenvalue weighted by Crippen LogP contribution is 2.49. The lowest BCUT2D eigenvalue weighted by atomic mass is 9.83. The number of hydrogen-bond donors (Lipinski definition) is 1. The van der Waals surface area contributed by atoms with Gasteiger partial charge in [-0.2, -0.15) is 13.1 Å². The van der Waals surface area contributed by atoms with Gasteiger partial charge in [-0.3, -0.25) is 4.79 Å². The van der Waals surface area contributed by atoms with Gasteiger partial charge in [0.15, 0.2) is 0 Å². The van der Waals surface area contributed by atoms with Gasteiger partial charge in [-0.1, -0.05) is 24.2 Å². The lowest BCUT2D eigenvalue weighted by Crippen LogP contribution is -2.60. The molecule has 15 heteroatoms. The second kappa shape index (κ2) is 11.6. The molecule has 1 aromatic heterocycles. The largest absolute Gasteiger partial charge is 0.375 e. The maximum absolute atomic E-state index is 15.7. The molecule has 1 atom stereocenters. The van der Waals surface area contributed by atoms with Gasteiger partial charge in [-0.25, -0.2) is 31.0 Å². The van der Waals surface area contributed by atoms with E-state index >= 15 is 8.78 Å². The van der Waals surface area contributed by atoms with Gasteiger partial charge in [0.25, 0.3) is 23.9 Å². The topological polar surface area (TPSA) is 101 Å². The normalized spacial score (nSPS) is 20.3. The van der Waals surface area contributed by atoms with Crippen LogP contribution in [0.2, 0.25) is 0 Å². The highest BCUT2D eigenvalue weighted by Gasteiger charge is 2.61. The molecule has 4 rings (SSSR count). The Morgan fingerprint density at radius 1 is 1.21 bits per heavy atom. The Morgan fingerprint density at radius 3 is 2.44 bits per heavy atom. The minimum absolute atomic E-state index is 0.0462. The molecular weight excluding hydrogens is 602 g/mol. The number of allylic oxidation sites excluding steroid dienone is 1. The van der Waals surface area contributed by atoms with Crippen LogP contribution in [0.3, 0.4) is 0 Å². The van der Waals surface area contributed by atoms with Crippen LogP contribution in [0.1, 0.15) is 71.6 Å². The number of alkyl halides is 6. The maximum Gasteiger partial charge on any atom is 0.314 e. The summed E-state index contributed by atoms with van der Waals surface area (Å²) in [4.78, 5) is 21.7. The van der Waals surface area contributed by atoms with E-state index < -0.39 is 69.6 Å². The fraction of sp³-hybridized carbons (Fsp3) is 0.464. The summed E-state index contributed by atoms with van der Waals surface area (Å²) in [6.45, 7) is 4.28. The summed E-state index contributed by atoms with van der Waals surface area (Å²) in [6, 6.07) is 5.10. The molecule has 3 heterocycles. The van der Waals surface area contributed by atoms with Crippen LogP contribution in [0, 0.1) is 6.92 Å². The molecule has 0 saturated carbocycles. The van der Waals surface area contributed by atoms with Crippen molar-refractivity contribution in [1.29, 1.82) is 0 Å². The van der Waals surface area contributed by atoms with E-state index in [1.807, 2.05) is 0 Å². The lowest BCUT2D eigenvalue weighted by Gasteiger charge is -2.37. The quantitative estimate of drug-likeness (QED) is 0.278. The molecule has 8 nitrogen and oxygen atoms in total. The molecule has 2 aliphatic rings. The molecule has 1 fully saturated rings. The van der Waals surface area contributed by atoms with Crippen molar-refractivity contribution in [2.24, 2.45) is 5.16 Å². The third kappa shape index (κ3) is 6.28. The molecular formula is C28H30F6N4O4S. The minimum atomic E-state index is -3.92. The second-order valence-corrected chi connectivity index (χ2v) is 12.5. The number of aryl methyl sites for hydroxylation is 1. The van der Waals surface area contributed by atoms with Crippen molar-refractivity contribution >= 4 is 21.6 Å². The van der Waals surface area contributed by atoms with Gasteiger partial charge in [0.1, 0.15) is 5.69 Å². The fourth-order valence-electron chi connectivity index (χ4n) is 4.87. The smallest absolute Gasteiger partial charge is 0.314 e. The Labute approximate surface area is 244 Å². The molecule has 0 spiro atoms. The third-order valence-electron chi connectivity index (χ3n) is 7.45. The van der Waals surface area contributed by atoms with Gasteiger partial charge >= 0.3 is 5.92 Å². The van der Waals surface area contributed by atoms with Gasteiger partial charge < -0.3 is 10.2 Å². The number of amides is 1. The van der Waals surface area contributed by atoms with Crippen molar-refractivity contribution in [2.45, 2.75) is 63.5 Å². The number of nitrogens with zero attached hydrogens (tertiary/aromatic N) is 3. The molecule has 0 aliphatic carbocycles. The van der Waals surface area contributed by atoms with E-state index in [4.69, 9.17) is 4.84 Å². The number of rotatable bonds is 10. The Morgan fingerprint density at radius 2 is 1.88 bits per heavy atom. The van der Waals surface area contributed by atoms with Gasteiger partial charge in [-0.05, 0) is 55.3 Å². The molecule has 1 saturated heterocycles. The zero-order valence-electron chi connectivity index (χ0n) is 23.7. The number of benzene rings is 1. The van der Waals surface area contributed by atoms with Crippen molar-refractivity contribution in [3.05, 3.63) is 76.1 Å². The molecule has 2 aromatic rings. The lowest BCUT2D eigenvalue weighted by molar-refractivity contribution is -0.178. The van der Waals surface area contributed by atoms with E-state index in [1.165, 1.54) is 29.4 Å². The van der Waals surface area contributed by atoms with Gasteiger partial charge in [0.05, 0.1) is 23.7 Å². The van der Waals surface area contributed by atoms with Gasteiger partial charge in [0.2, 0.25) is 10.0 Å². The average molecular weight is 633 g/mol. The van der Waals surface area contributed by atoms with Crippen LogP contribution in [-0.2, 0) is 26.4 Å². The van der Waals surface area contributed by atoms with E-state index in [9.17, 15) is 30.8 Å². The highest BCUT2D eigenvalue weighted by atomic mass is 32.2. The number of carbonyl (C=O) groups excluding carboxylic acids is 1. The molecule has 0 radical (unpaired) electrons. The summed E-state index contributed by atoms with van der Waals surface area (Å²) in [6.07, 6.45) is -2.26. The molecule has 2 aliphatic heterocycles. The van der Waals surface area contributed by atoms with Crippen LogP contribution in [-0.4, -0.2) is 60.6 Å². The van der Waals surface area contributed by atoms with E-state index in [0.717, 1.165) is 19.3 Å². The molecule has 0 unspecified atom stereocenters. The van der Waals surface area contributed by atoms with E-state index in [2.05, 4.69) is 15.5 Å². The summed E-state index contributed by atoms with van der Waals surface area (Å²) >= 11 is 0. The first-order valence-corrected chi connectivity index (χ1v) is 15.1. The second-order valence-electron chi connectivity index (χ2n) is 10.6. The minimum Gasteiger partial charge on any atom is -0.375 e. The Bertz CT molecular complexity index is 1570. The van der Waals surface area contributed by atoms with Crippen LogP contribution in [0.5, 0.6) is 0 Å². The summed E-state index contributed by atoms with van der Waals surface area (Å²) in [5, 5.41) is 6.55. The molecule has 1 N–H and O–H groups in total. The fourth-order valence-corrected chi connectivity index (χ4v) is 5.77. The Balaban J connectivity index is 1.66. The summed E-state index contributed by atoms with van der Waals surface area (Å²) in [7, 11) is -3.36. The number of pyridine rings is 1. The van der Waals surface area contributed by atoms with Crippen molar-refractivity contribution in [3.63, 3.8) is 0 Å². The number of nitrogens with one attached hydrogen (secondary N) is 1. The molecule has 0 bridgehead atoms. The number of oxime groups is 1. The number of halogens is 6. The number of carbonyl (C=O) groups is 1. The SMILES string of the molecule is C/C=C/C(F)(F)[C@]1(c2cc(C(F)(F)CC)cc(C(F)F)n2)CC(c2ccc(C(=O)NC3CN(S(C)(=O)=O)C3)c(C)c2)=NO1. The number of hydrogen-bond acceptors (Lipinski definition) is 6. The van der Waals surface area contributed by atoms with Crippen molar-refractivity contribution in [3.8, 4) is 0 Å². The molecule has 234 valence electrons. The van der Waals surface area contributed by atoms with E-state index in [0.29, 0.717) is 23.8 Å². The van der Waals surface area contributed by atoms with Crippen LogP contribution in [0.25, 0.3) is 0 Å². The first-order chi connectivity index (χ1) is 19.9. The van der Waals surface area contributed by atoms with Crippen LogP contribution in [0.15, 0.2) is 47.6 Å². The Hall–Kier alpha value is -3.46. The van der Waals surface area contributed by atoms with Gasteiger partial charge in [0, 0.05) is 37.1 Å². The monoisotopic (exact) mass is 632 g/mol. The summed E-state index contributed by atoms with van der Waals surface area (Å²) in [5.41, 5.74) is -4.77. The third-order valence-corrected chi connectivity index (χ3v) is 8.68. The standard InChI is InChI=1S/C28H30F6N4O4S/c1-5-9-28(33,34)26(23-12-18(27(31,32)6-2)11-21(36-23)24(29)30)13-22(37-42-26)17-7-8-20(16(3)10-17)25(39)35-19-14-38(15-19)43(4,40)41/h5,7-12,19,24H,6,13-15H2,1-4H3,(H,35,39)/b9-5+/t26-/m1/s1. The molecule has 1 aromatic carbocycles. The average Bonchev–Trinajstić information content (AvgIpc) is 3.37. The zero-order valence-corrected chi connectivity index (χ0v) is 24.5. The van der Waals surface area contributed by atoms with Gasteiger partial charge in [-0.15, -0.1) is 0 Å². The predicted octanol–water partition coefficient (Wildman–Crippen LogP) is 5.43. The number of aromatic nitrogens is 1. The van der Waals surface area contributed by atoms with Crippen LogP contribution in [0.4, 0.5) is 26.3 Å². The Kier molecular flexibility index (Phi) is 8.73. The first-order valence-electron chi connectivity index (χ1n) is 13.3. The first kappa shape index (κ1) is 32.5. The van der Waals surface area contributed by atoms with Crippen LogP contribution < -0.4 is 5.32 Å². The molecule has 1 amide bonds.